The number of hydrogen-bond acceptors (Lipinski definition) is 12. The molecule has 2 atom stereocenters. The van der Waals surface area contributed by atoms with E-state index in [1.807, 2.05) is 94.7 Å². The van der Waals surface area contributed by atoms with Crippen molar-refractivity contribution in [3.05, 3.63) is 144 Å². The Labute approximate surface area is 359 Å². The molecule has 6 aromatic rings. The number of pyridine rings is 2. The van der Waals surface area contributed by atoms with E-state index in [0.717, 1.165) is 132 Å². The van der Waals surface area contributed by atoms with Gasteiger partial charge in [-0.3, -0.25) is 24.8 Å². The molecule has 318 valence electrons. The van der Waals surface area contributed by atoms with Gasteiger partial charge < -0.3 is 16.4 Å². The minimum absolute atomic E-state index is 0.325. The van der Waals surface area contributed by atoms with Gasteiger partial charge in [-0.05, 0) is 131 Å². The summed E-state index contributed by atoms with van der Waals surface area (Å²) in [6, 6.07) is 29.5. The Balaban J connectivity index is 0.000000171. The Bertz CT molecular complexity index is 2250. The van der Waals surface area contributed by atoms with E-state index in [9.17, 15) is 0 Å². The Hall–Kier alpha value is -5.83. The first-order valence-electron chi connectivity index (χ1n) is 22.2. The summed E-state index contributed by atoms with van der Waals surface area (Å²) in [5, 5.41) is 24.3. The molecular weight excluding hydrogens is 761 g/mol. The van der Waals surface area contributed by atoms with Gasteiger partial charge >= 0.3 is 0 Å². The predicted molar refractivity (Wildman–Crippen MR) is 239 cm³/mol. The molecule has 0 spiro atoms. The van der Waals surface area contributed by atoms with Crippen LogP contribution in [0.2, 0.25) is 0 Å². The summed E-state index contributed by atoms with van der Waals surface area (Å²) in [7, 11) is 0. The van der Waals surface area contributed by atoms with Crippen molar-refractivity contribution in [2.45, 2.75) is 89.4 Å². The van der Waals surface area contributed by atoms with Crippen LogP contribution in [0.1, 0.15) is 97.4 Å². The number of fused-ring (bicyclic) bond motifs is 2. The van der Waals surface area contributed by atoms with Crippen molar-refractivity contribution in [2.24, 2.45) is 10.7 Å². The standard InChI is InChI=1S/C25H32N8.C22H28N6/c1-2-10-22(11-3-1)33-19-21(30-31-33)18-32(17-5-4-13-27-25-28-15-16-29-25)23-12-6-8-20-9-7-14-26-24(20)23;23-13-4-5-15-27(21-12-6-8-18-9-7-14-24-22(18)21)16-19-17-28(26-25-19)20-10-2-1-3-11-20/h1-3,7,9-11,14,19,23H,4-6,8,12-13,15-18H2,(H2,27,28,29);1-3,7,9-11,14,17,21H,4-6,8,12-13,15-16,23H2. The van der Waals surface area contributed by atoms with Crippen LogP contribution in [-0.4, -0.2) is 95.0 Å². The number of guanidine groups is 1. The van der Waals surface area contributed by atoms with Gasteiger partial charge in [0.05, 0.1) is 65.2 Å². The van der Waals surface area contributed by atoms with Crippen molar-refractivity contribution in [3.63, 3.8) is 0 Å². The third-order valence-corrected chi connectivity index (χ3v) is 11.8. The lowest BCUT2D eigenvalue weighted by Crippen LogP contribution is -2.35. The summed E-state index contributed by atoms with van der Waals surface area (Å²) < 4.78 is 3.71. The first-order valence-corrected chi connectivity index (χ1v) is 22.2. The van der Waals surface area contributed by atoms with E-state index in [2.05, 4.69) is 70.4 Å². The van der Waals surface area contributed by atoms with Crippen molar-refractivity contribution in [1.29, 1.82) is 0 Å². The molecule has 4 N–H and O–H groups in total. The fraction of sp³-hybridized carbons (Fsp3) is 0.426. The first kappa shape index (κ1) is 41.9. The Morgan fingerprint density at radius 2 is 1.20 bits per heavy atom. The quantitative estimate of drug-likeness (QED) is 0.0908. The van der Waals surface area contributed by atoms with Gasteiger partial charge in [-0.25, -0.2) is 9.36 Å². The fourth-order valence-corrected chi connectivity index (χ4v) is 8.76. The molecule has 2 aromatic carbocycles. The van der Waals surface area contributed by atoms with Crippen molar-refractivity contribution in [3.8, 4) is 11.4 Å². The van der Waals surface area contributed by atoms with Crippen LogP contribution in [-0.2, 0) is 25.9 Å². The van der Waals surface area contributed by atoms with Gasteiger partial charge in [-0.1, -0.05) is 59.0 Å². The molecule has 2 unspecified atom stereocenters. The summed E-state index contributed by atoms with van der Waals surface area (Å²) in [6.07, 6.45) is 19.2. The SMILES string of the molecule is NCCCCN(Cc1cn(-c2ccccc2)nn1)C1CCCc2cccnc21.c1ccc(-n2cc(CN(CCCCNC3=NCCN3)C3CCCc4cccnc43)nn2)cc1. The molecule has 5 heterocycles. The van der Waals surface area contributed by atoms with Crippen molar-refractivity contribution in [2.75, 3.05) is 39.3 Å². The van der Waals surface area contributed by atoms with Crippen molar-refractivity contribution >= 4 is 5.96 Å². The summed E-state index contributed by atoms with van der Waals surface area (Å²) in [5.41, 5.74) is 15.0. The number of aromatic nitrogens is 8. The lowest BCUT2D eigenvalue weighted by Gasteiger charge is -2.34. The maximum Gasteiger partial charge on any atom is 0.191 e. The minimum Gasteiger partial charge on any atom is -0.356 e. The van der Waals surface area contributed by atoms with E-state index < -0.39 is 0 Å². The van der Waals surface area contributed by atoms with Gasteiger partial charge in [0.15, 0.2) is 5.96 Å². The highest BCUT2D eigenvalue weighted by atomic mass is 15.4. The van der Waals surface area contributed by atoms with Gasteiger partial charge in [0, 0.05) is 38.6 Å². The second-order valence-corrected chi connectivity index (χ2v) is 16.1. The van der Waals surface area contributed by atoms with E-state index in [1.165, 1.54) is 35.4 Å². The van der Waals surface area contributed by atoms with Gasteiger partial charge in [-0.15, -0.1) is 10.2 Å². The highest BCUT2D eigenvalue weighted by Gasteiger charge is 2.29. The number of para-hydroxylation sites is 2. The Kier molecular flexibility index (Phi) is 14.8. The molecule has 0 saturated carbocycles. The molecule has 2 aliphatic carbocycles. The second kappa shape index (κ2) is 21.6. The number of aryl methyl sites for hydroxylation is 2. The van der Waals surface area contributed by atoms with E-state index in [4.69, 9.17) is 15.7 Å². The zero-order valence-corrected chi connectivity index (χ0v) is 35.3. The molecule has 3 aliphatic rings. The van der Waals surface area contributed by atoms with Crippen LogP contribution >= 0.6 is 0 Å². The number of benzene rings is 2. The van der Waals surface area contributed by atoms with Gasteiger partial charge in [0.1, 0.15) is 0 Å². The van der Waals surface area contributed by atoms with Crippen LogP contribution in [0.4, 0.5) is 0 Å². The molecule has 61 heavy (non-hydrogen) atoms. The molecule has 1 aliphatic heterocycles. The molecule has 14 heteroatoms. The highest BCUT2D eigenvalue weighted by Crippen LogP contribution is 2.35. The van der Waals surface area contributed by atoms with E-state index >= 15 is 0 Å². The summed E-state index contributed by atoms with van der Waals surface area (Å²) in [5.74, 6) is 0.940. The largest absolute Gasteiger partial charge is 0.356 e. The summed E-state index contributed by atoms with van der Waals surface area (Å²) in [6.45, 7) is 7.02. The molecule has 9 rings (SSSR count). The summed E-state index contributed by atoms with van der Waals surface area (Å²) in [4.78, 5) is 19.0. The number of rotatable bonds is 17. The van der Waals surface area contributed by atoms with Gasteiger partial charge in [0.2, 0.25) is 0 Å². The first-order chi connectivity index (χ1) is 30.2. The molecule has 0 fully saturated rings. The molecule has 0 saturated heterocycles. The van der Waals surface area contributed by atoms with E-state index in [-0.39, 0.29) is 0 Å². The van der Waals surface area contributed by atoms with E-state index in [1.54, 1.807) is 0 Å². The topological polar surface area (TPSA) is 156 Å². The molecule has 4 aromatic heterocycles. The summed E-state index contributed by atoms with van der Waals surface area (Å²) >= 11 is 0. The second-order valence-electron chi connectivity index (χ2n) is 16.1. The van der Waals surface area contributed by atoms with Crippen molar-refractivity contribution in [1.82, 2.24) is 60.4 Å². The maximum absolute atomic E-state index is 5.73. The molecule has 0 amide bonds. The number of unbranched alkanes of at least 4 members (excludes halogenated alkanes) is 2. The number of hydrogen-bond donors (Lipinski definition) is 3. The van der Waals surface area contributed by atoms with Crippen LogP contribution in [0.15, 0.2) is 115 Å². The van der Waals surface area contributed by atoms with Gasteiger partial charge in [0.25, 0.3) is 0 Å². The highest BCUT2D eigenvalue weighted by molar-refractivity contribution is 5.81. The molecular formula is C47H60N14. The lowest BCUT2D eigenvalue weighted by molar-refractivity contribution is 0.161. The molecule has 14 nitrogen and oxygen atoms in total. The van der Waals surface area contributed by atoms with Crippen LogP contribution in [0.5, 0.6) is 0 Å². The molecule has 0 bridgehead atoms. The number of nitrogens with zero attached hydrogens (tertiary/aromatic N) is 11. The smallest absolute Gasteiger partial charge is 0.191 e. The fourth-order valence-electron chi connectivity index (χ4n) is 8.76. The van der Waals surface area contributed by atoms with Gasteiger partial charge in [-0.2, -0.15) is 0 Å². The Morgan fingerprint density at radius 1 is 0.656 bits per heavy atom. The zero-order chi connectivity index (χ0) is 41.5. The Morgan fingerprint density at radius 3 is 1.70 bits per heavy atom. The predicted octanol–water partition coefficient (Wildman–Crippen LogP) is 6.15. The third kappa shape index (κ3) is 11.3. The van der Waals surface area contributed by atoms with Crippen LogP contribution in [0, 0.1) is 0 Å². The zero-order valence-electron chi connectivity index (χ0n) is 35.3. The van der Waals surface area contributed by atoms with Crippen LogP contribution in [0.25, 0.3) is 11.4 Å². The normalized spacial score (nSPS) is 16.9. The average Bonchev–Trinajstić information content (AvgIpc) is 4.13. The third-order valence-electron chi connectivity index (χ3n) is 11.8. The molecule has 0 radical (unpaired) electrons. The monoisotopic (exact) mass is 821 g/mol. The minimum atomic E-state index is 0.325. The van der Waals surface area contributed by atoms with E-state index in [0.29, 0.717) is 12.1 Å². The lowest BCUT2D eigenvalue weighted by atomic mass is 9.90. The van der Waals surface area contributed by atoms with Crippen LogP contribution in [0.3, 0.4) is 0 Å². The van der Waals surface area contributed by atoms with Crippen LogP contribution < -0.4 is 16.4 Å². The van der Waals surface area contributed by atoms with Crippen molar-refractivity contribution < 1.29 is 0 Å². The maximum atomic E-state index is 5.73. The number of nitrogens with one attached hydrogen (secondary N) is 2. The number of aliphatic imine (C=N–C) groups is 1. The average molecular weight is 821 g/mol. The number of nitrogens with two attached hydrogens (primary N) is 1.